The Labute approximate surface area is 172 Å². The van der Waals surface area contributed by atoms with Crippen molar-refractivity contribution in [1.82, 2.24) is 10.2 Å². The highest BCUT2D eigenvalue weighted by Gasteiger charge is 2.27. The van der Waals surface area contributed by atoms with Gasteiger partial charge >= 0.3 is 0 Å². The molecule has 0 saturated carbocycles. The van der Waals surface area contributed by atoms with Gasteiger partial charge in [0.1, 0.15) is 0 Å². The van der Waals surface area contributed by atoms with Crippen molar-refractivity contribution in [2.45, 2.75) is 51.1 Å². The number of likely N-dealkylation sites (tertiary alicyclic amines) is 1. The van der Waals surface area contributed by atoms with Crippen LogP contribution in [0.2, 0.25) is 0 Å². The van der Waals surface area contributed by atoms with E-state index < -0.39 is 0 Å². The summed E-state index contributed by atoms with van der Waals surface area (Å²) in [4.78, 5) is 26.0. The lowest BCUT2D eigenvalue weighted by Gasteiger charge is -2.26. The third-order valence-electron chi connectivity index (χ3n) is 5.90. The van der Waals surface area contributed by atoms with Gasteiger partial charge in [0.2, 0.25) is 11.8 Å². The summed E-state index contributed by atoms with van der Waals surface area (Å²) in [5.41, 5.74) is 4.55. The summed E-state index contributed by atoms with van der Waals surface area (Å²) < 4.78 is 0. The highest BCUT2D eigenvalue weighted by Crippen LogP contribution is 2.27. The SMILES string of the molecule is O=C1CCC(c2cccc(NCc3ccc(CN4CCCCC4)cc3)c2)C(=O)N1. The third kappa shape index (κ3) is 5.24. The van der Waals surface area contributed by atoms with Crippen LogP contribution in [0.5, 0.6) is 0 Å². The van der Waals surface area contributed by atoms with Gasteiger partial charge in [0.05, 0.1) is 5.92 Å². The van der Waals surface area contributed by atoms with Gasteiger partial charge in [-0.3, -0.25) is 19.8 Å². The molecule has 2 saturated heterocycles. The van der Waals surface area contributed by atoms with Crippen LogP contribution in [0.15, 0.2) is 48.5 Å². The standard InChI is InChI=1S/C24H29N3O2/c28-23-12-11-22(24(29)26-23)20-5-4-6-21(15-20)25-16-18-7-9-19(10-8-18)17-27-13-2-1-3-14-27/h4-10,15,22,25H,1-3,11-14,16-17H2,(H,26,28,29). The number of imide groups is 1. The number of benzene rings is 2. The van der Waals surface area contributed by atoms with Crippen LogP contribution in [-0.4, -0.2) is 29.8 Å². The van der Waals surface area contributed by atoms with Gasteiger partial charge in [0, 0.05) is 25.2 Å². The zero-order valence-corrected chi connectivity index (χ0v) is 16.8. The van der Waals surface area contributed by atoms with Gasteiger partial charge in [-0.15, -0.1) is 0 Å². The average Bonchev–Trinajstić information content (AvgIpc) is 2.74. The molecule has 0 aromatic heterocycles. The van der Waals surface area contributed by atoms with E-state index >= 15 is 0 Å². The Morgan fingerprint density at radius 2 is 1.72 bits per heavy atom. The lowest BCUT2D eigenvalue weighted by Crippen LogP contribution is -2.39. The fourth-order valence-electron chi connectivity index (χ4n) is 4.22. The lowest BCUT2D eigenvalue weighted by atomic mass is 9.90. The second-order valence-corrected chi connectivity index (χ2v) is 8.14. The Morgan fingerprint density at radius 1 is 0.966 bits per heavy atom. The Balaban J connectivity index is 1.33. The van der Waals surface area contributed by atoms with Crippen molar-refractivity contribution in [3.05, 3.63) is 65.2 Å². The molecule has 152 valence electrons. The van der Waals surface area contributed by atoms with Gasteiger partial charge in [0.15, 0.2) is 0 Å². The van der Waals surface area contributed by atoms with Gasteiger partial charge in [0.25, 0.3) is 0 Å². The highest BCUT2D eigenvalue weighted by molar-refractivity contribution is 6.01. The summed E-state index contributed by atoms with van der Waals surface area (Å²) in [7, 11) is 0. The number of nitrogens with zero attached hydrogens (tertiary/aromatic N) is 1. The Bertz CT molecular complexity index is 857. The average molecular weight is 392 g/mol. The van der Waals surface area contributed by atoms with E-state index in [1.54, 1.807) is 0 Å². The molecule has 2 aromatic carbocycles. The maximum atomic E-state index is 12.1. The smallest absolute Gasteiger partial charge is 0.234 e. The number of amides is 2. The van der Waals surface area contributed by atoms with E-state index in [2.05, 4.69) is 39.8 Å². The van der Waals surface area contributed by atoms with Crippen molar-refractivity contribution in [3.8, 4) is 0 Å². The molecule has 2 aromatic rings. The third-order valence-corrected chi connectivity index (χ3v) is 5.90. The number of rotatable bonds is 6. The fraction of sp³-hybridized carbons (Fsp3) is 0.417. The van der Waals surface area contributed by atoms with Gasteiger partial charge in [-0.25, -0.2) is 0 Å². The summed E-state index contributed by atoms with van der Waals surface area (Å²) in [6.07, 6.45) is 4.98. The van der Waals surface area contributed by atoms with Gasteiger partial charge in [-0.1, -0.05) is 42.8 Å². The predicted octanol–water partition coefficient (Wildman–Crippen LogP) is 3.80. The van der Waals surface area contributed by atoms with Crippen LogP contribution in [0.4, 0.5) is 5.69 Å². The molecule has 5 nitrogen and oxygen atoms in total. The number of hydrogen-bond acceptors (Lipinski definition) is 4. The van der Waals surface area contributed by atoms with Crippen molar-refractivity contribution in [1.29, 1.82) is 0 Å². The van der Waals surface area contributed by atoms with Crippen molar-refractivity contribution >= 4 is 17.5 Å². The second-order valence-electron chi connectivity index (χ2n) is 8.14. The molecule has 29 heavy (non-hydrogen) atoms. The van der Waals surface area contributed by atoms with E-state index in [4.69, 9.17) is 0 Å². The summed E-state index contributed by atoms with van der Waals surface area (Å²) in [5, 5.41) is 5.89. The first-order valence-corrected chi connectivity index (χ1v) is 10.6. The van der Waals surface area contributed by atoms with Crippen molar-refractivity contribution in [2.24, 2.45) is 0 Å². The van der Waals surface area contributed by atoms with Crippen LogP contribution in [0.3, 0.4) is 0 Å². The molecular weight excluding hydrogens is 362 g/mol. The van der Waals surface area contributed by atoms with Crippen LogP contribution in [-0.2, 0) is 22.7 Å². The Hall–Kier alpha value is -2.66. The molecule has 2 amide bonds. The minimum atomic E-state index is -0.247. The normalized spacial score (nSPS) is 20.3. The van der Waals surface area contributed by atoms with Crippen LogP contribution in [0.25, 0.3) is 0 Å². The quantitative estimate of drug-likeness (QED) is 0.735. The summed E-state index contributed by atoms with van der Waals surface area (Å²) in [6, 6.07) is 16.8. The zero-order chi connectivity index (χ0) is 20.1. The van der Waals surface area contributed by atoms with Crippen LogP contribution in [0, 0.1) is 0 Å². The van der Waals surface area contributed by atoms with E-state index in [1.165, 1.54) is 43.5 Å². The molecule has 1 atom stereocenters. The predicted molar refractivity (Wildman–Crippen MR) is 114 cm³/mol. The second kappa shape index (κ2) is 9.23. The number of hydrogen-bond donors (Lipinski definition) is 2. The first-order chi connectivity index (χ1) is 14.2. The van der Waals surface area contributed by atoms with Crippen LogP contribution >= 0.6 is 0 Å². The van der Waals surface area contributed by atoms with E-state index in [-0.39, 0.29) is 17.7 Å². The van der Waals surface area contributed by atoms with E-state index in [0.717, 1.165) is 24.3 Å². The van der Waals surface area contributed by atoms with Gasteiger partial charge in [-0.05, 0) is 61.2 Å². The van der Waals surface area contributed by atoms with Crippen molar-refractivity contribution < 1.29 is 9.59 Å². The van der Waals surface area contributed by atoms with Gasteiger partial charge < -0.3 is 5.32 Å². The summed E-state index contributed by atoms with van der Waals surface area (Å²) in [5.74, 6) is -0.615. The summed E-state index contributed by atoms with van der Waals surface area (Å²) >= 11 is 0. The number of carbonyl (C=O) groups is 2. The molecule has 0 spiro atoms. The zero-order valence-electron chi connectivity index (χ0n) is 16.8. The number of piperidine rings is 2. The van der Waals surface area contributed by atoms with Gasteiger partial charge in [-0.2, -0.15) is 0 Å². The molecule has 0 aliphatic carbocycles. The first kappa shape index (κ1) is 19.6. The molecule has 2 fully saturated rings. The molecule has 0 radical (unpaired) electrons. The molecule has 2 aliphatic rings. The van der Waals surface area contributed by atoms with E-state index in [9.17, 15) is 9.59 Å². The van der Waals surface area contributed by atoms with E-state index in [0.29, 0.717) is 12.8 Å². The van der Waals surface area contributed by atoms with Crippen molar-refractivity contribution in [3.63, 3.8) is 0 Å². The van der Waals surface area contributed by atoms with Crippen LogP contribution < -0.4 is 10.6 Å². The number of nitrogens with one attached hydrogen (secondary N) is 2. The minimum Gasteiger partial charge on any atom is -0.381 e. The van der Waals surface area contributed by atoms with E-state index in [1.807, 2.05) is 24.3 Å². The highest BCUT2D eigenvalue weighted by atomic mass is 16.2. The lowest BCUT2D eigenvalue weighted by molar-refractivity contribution is -0.134. The Kier molecular flexibility index (Phi) is 6.25. The molecule has 0 bridgehead atoms. The molecule has 5 heteroatoms. The maximum absolute atomic E-state index is 12.1. The van der Waals surface area contributed by atoms with Crippen LogP contribution in [0.1, 0.15) is 54.7 Å². The fourth-order valence-corrected chi connectivity index (χ4v) is 4.22. The monoisotopic (exact) mass is 391 g/mol. The largest absolute Gasteiger partial charge is 0.381 e. The molecule has 1 unspecified atom stereocenters. The first-order valence-electron chi connectivity index (χ1n) is 10.6. The molecular formula is C24H29N3O2. The topological polar surface area (TPSA) is 61.4 Å². The number of anilines is 1. The Morgan fingerprint density at radius 3 is 2.48 bits per heavy atom. The summed E-state index contributed by atoms with van der Waals surface area (Å²) in [6.45, 7) is 4.21. The number of carbonyl (C=O) groups excluding carboxylic acids is 2. The molecule has 2 aliphatic heterocycles. The minimum absolute atomic E-state index is 0.177. The molecule has 2 N–H and O–H groups in total. The molecule has 4 rings (SSSR count). The van der Waals surface area contributed by atoms with Crippen molar-refractivity contribution in [2.75, 3.05) is 18.4 Å². The molecule has 2 heterocycles. The maximum Gasteiger partial charge on any atom is 0.234 e.